The summed E-state index contributed by atoms with van der Waals surface area (Å²) in [5, 5.41) is 6.80. The number of halogens is 1. The lowest BCUT2D eigenvalue weighted by Gasteiger charge is -2.35. The Morgan fingerprint density at radius 1 is 1.02 bits per heavy atom. The second-order valence-corrected chi connectivity index (χ2v) is 12.2. The van der Waals surface area contributed by atoms with E-state index in [-0.39, 0.29) is 6.09 Å². The molecule has 0 N–H and O–H groups in total. The van der Waals surface area contributed by atoms with Gasteiger partial charge in [0.2, 0.25) is 0 Å². The Balaban J connectivity index is 1.39. The number of hydrogen-bond acceptors (Lipinski definition) is 10. The summed E-state index contributed by atoms with van der Waals surface area (Å²) in [6.07, 6.45) is 5.04. The number of benzene rings is 1. The van der Waals surface area contributed by atoms with E-state index >= 15 is 0 Å². The predicted molar refractivity (Wildman–Crippen MR) is 164 cm³/mol. The third-order valence-corrected chi connectivity index (χ3v) is 7.96. The molecule has 4 heterocycles. The monoisotopic (exact) mass is 613 g/mol. The van der Waals surface area contributed by atoms with Crippen LogP contribution >= 0.6 is 23.4 Å². The third-order valence-electron chi connectivity index (χ3n) is 7.01. The number of carbonyl (C=O) groups excluding carboxylic acids is 1. The van der Waals surface area contributed by atoms with Crippen LogP contribution in [0.3, 0.4) is 0 Å². The van der Waals surface area contributed by atoms with Crippen LogP contribution in [-0.4, -0.2) is 99.3 Å². The smallest absolute Gasteiger partial charge is 0.410 e. The molecule has 3 aromatic heterocycles. The van der Waals surface area contributed by atoms with Gasteiger partial charge < -0.3 is 19.1 Å². The van der Waals surface area contributed by atoms with E-state index in [1.54, 1.807) is 35.9 Å². The minimum atomic E-state index is -0.493. The number of nitrogens with zero attached hydrogens (tertiary/aromatic N) is 7. The van der Waals surface area contributed by atoms with Crippen LogP contribution in [-0.2, 0) is 11.2 Å². The molecule has 13 heteroatoms. The predicted octanol–water partition coefficient (Wildman–Crippen LogP) is 5.22. The number of thioether (sulfide) groups is 1. The lowest BCUT2D eigenvalue weighted by Crippen LogP contribution is -2.50. The quantitative estimate of drug-likeness (QED) is 0.194. The maximum atomic E-state index is 12.4. The van der Waals surface area contributed by atoms with Crippen molar-refractivity contribution in [2.24, 2.45) is 0 Å². The third kappa shape index (κ3) is 6.50. The number of hydrogen-bond donors (Lipinski definition) is 0. The minimum Gasteiger partial charge on any atom is -0.497 e. The van der Waals surface area contributed by atoms with Gasteiger partial charge in [-0.25, -0.2) is 19.7 Å². The van der Waals surface area contributed by atoms with Gasteiger partial charge in [-0.05, 0) is 52.1 Å². The molecule has 1 aliphatic rings. The Hall–Kier alpha value is -3.35. The molecule has 42 heavy (non-hydrogen) atoms. The average molecular weight is 614 g/mol. The molecule has 0 aliphatic carbocycles. The van der Waals surface area contributed by atoms with E-state index in [2.05, 4.69) is 9.88 Å². The van der Waals surface area contributed by atoms with Gasteiger partial charge in [0, 0.05) is 61.4 Å². The zero-order valence-corrected chi connectivity index (χ0v) is 26.4. The fraction of sp³-hybridized carbons (Fsp3) is 0.483. The van der Waals surface area contributed by atoms with Gasteiger partial charge in [-0.1, -0.05) is 23.4 Å². The van der Waals surface area contributed by atoms with Gasteiger partial charge >= 0.3 is 6.09 Å². The molecule has 1 aliphatic heterocycles. The van der Waals surface area contributed by atoms with E-state index in [1.807, 2.05) is 39.2 Å². The fourth-order valence-electron chi connectivity index (χ4n) is 4.91. The zero-order valence-electron chi connectivity index (χ0n) is 24.8. The summed E-state index contributed by atoms with van der Waals surface area (Å²) in [5.41, 5.74) is 2.33. The topological polar surface area (TPSA) is 107 Å². The first kappa shape index (κ1) is 30.1. The van der Waals surface area contributed by atoms with E-state index in [9.17, 15) is 4.79 Å². The van der Waals surface area contributed by atoms with E-state index in [0.29, 0.717) is 58.3 Å². The normalized spacial score (nSPS) is 14.5. The van der Waals surface area contributed by atoms with Crippen LogP contribution in [0.1, 0.15) is 33.0 Å². The van der Waals surface area contributed by atoms with E-state index < -0.39 is 5.60 Å². The molecule has 5 rings (SSSR count). The van der Waals surface area contributed by atoms with Crippen LogP contribution in [0.5, 0.6) is 11.5 Å². The number of rotatable bonds is 8. The Kier molecular flexibility index (Phi) is 8.95. The molecule has 224 valence electrons. The largest absolute Gasteiger partial charge is 0.497 e. The van der Waals surface area contributed by atoms with Gasteiger partial charge in [0.05, 0.1) is 19.2 Å². The van der Waals surface area contributed by atoms with E-state index in [0.717, 1.165) is 42.6 Å². The standard InChI is InChI=1S/C29H36ClN7O4S/c1-29(2,3)41-28(38)36-12-10-35(11-13-36)9-7-8-23-32-26-21(20-15-19(39-4)16-22(40-5)24(20)30)14-18-17-31-27(42-6)33-25(18)37(26)34-23/h14-17H,7-13H2,1-6H3. The van der Waals surface area contributed by atoms with Gasteiger partial charge in [0.1, 0.15) is 17.1 Å². The second-order valence-electron chi connectivity index (χ2n) is 11.1. The molecule has 1 aromatic carbocycles. The molecule has 1 amide bonds. The van der Waals surface area contributed by atoms with Crippen molar-refractivity contribution < 1.29 is 19.0 Å². The van der Waals surface area contributed by atoms with Gasteiger partial charge in [0.25, 0.3) is 0 Å². The Morgan fingerprint density at radius 3 is 2.45 bits per heavy atom. The molecule has 0 saturated carbocycles. The van der Waals surface area contributed by atoms with Crippen LogP contribution in [0.2, 0.25) is 5.02 Å². The van der Waals surface area contributed by atoms with Gasteiger partial charge in [-0.2, -0.15) is 4.52 Å². The number of carbonyl (C=O) groups is 1. The van der Waals surface area contributed by atoms with Gasteiger partial charge in [0.15, 0.2) is 22.3 Å². The summed E-state index contributed by atoms with van der Waals surface area (Å²) in [7, 11) is 3.18. The van der Waals surface area contributed by atoms with Crippen LogP contribution in [0.15, 0.2) is 29.6 Å². The lowest BCUT2D eigenvalue weighted by molar-refractivity contribution is 0.0144. The van der Waals surface area contributed by atoms with Crippen molar-refractivity contribution in [1.82, 2.24) is 34.4 Å². The molecule has 0 unspecified atom stereocenters. The first-order valence-electron chi connectivity index (χ1n) is 13.8. The van der Waals surface area contributed by atoms with Crippen LogP contribution in [0, 0.1) is 0 Å². The molecular weight excluding hydrogens is 578 g/mol. The molecule has 0 radical (unpaired) electrons. The molecule has 1 fully saturated rings. The summed E-state index contributed by atoms with van der Waals surface area (Å²) in [6, 6.07) is 5.60. The molecule has 0 spiro atoms. The van der Waals surface area contributed by atoms with Crippen molar-refractivity contribution in [3.63, 3.8) is 0 Å². The van der Waals surface area contributed by atoms with Crippen molar-refractivity contribution in [2.75, 3.05) is 53.2 Å². The zero-order chi connectivity index (χ0) is 30.0. The molecule has 0 bridgehead atoms. The number of fused-ring (bicyclic) bond motifs is 3. The van der Waals surface area contributed by atoms with Crippen LogP contribution in [0.4, 0.5) is 4.79 Å². The van der Waals surface area contributed by atoms with E-state index in [1.165, 1.54) is 11.8 Å². The van der Waals surface area contributed by atoms with Gasteiger partial charge in [-0.15, -0.1) is 5.10 Å². The molecule has 4 aromatic rings. The maximum Gasteiger partial charge on any atom is 0.410 e. The van der Waals surface area contributed by atoms with Crippen molar-refractivity contribution >= 4 is 46.1 Å². The number of aryl methyl sites for hydroxylation is 1. The first-order chi connectivity index (χ1) is 20.1. The average Bonchev–Trinajstić information content (AvgIpc) is 3.40. The maximum absolute atomic E-state index is 12.4. The molecule has 0 atom stereocenters. The number of ether oxygens (including phenoxy) is 3. The SMILES string of the molecule is COc1cc(OC)c(Cl)c(-c2cc3cnc(SC)nc3n3nc(CCCN4CCN(C(=O)OC(C)(C)C)CC4)nc23)c1. The summed E-state index contributed by atoms with van der Waals surface area (Å²) in [6.45, 7) is 9.45. The van der Waals surface area contributed by atoms with Crippen molar-refractivity contribution in [3.8, 4) is 22.6 Å². The number of pyridine rings is 1. The first-order valence-corrected chi connectivity index (χ1v) is 15.4. The Bertz CT molecular complexity index is 1600. The van der Waals surface area contributed by atoms with Crippen molar-refractivity contribution in [2.45, 2.75) is 44.4 Å². The fourth-order valence-corrected chi connectivity index (χ4v) is 5.54. The number of methoxy groups -OCH3 is 2. The Morgan fingerprint density at radius 2 is 1.79 bits per heavy atom. The summed E-state index contributed by atoms with van der Waals surface area (Å²) in [4.78, 5) is 30.7. The molecule has 1 saturated heterocycles. The number of piperazine rings is 1. The highest BCUT2D eigenvalue weighted by Crippen LogP contribution is 2.41. The number of amides is 1. The second kappa shape index (κ2) is 12.5. The highest BCUT2D eigenvalue weighted by atomic mass is 35.5. The van der Waals surface area contributed by atoms with Crippen LogP contribution < -0.4 is 9.47 Å². The van der Waals surface area contributed by atoms with E-state index in [4.69, 9.17) is 40.9 Å². The van der Waals surface area contributed by atoms with Crippen molar-refractivity contribution in [1.29, 1.82) is 0 Å². The lowest BCUT2D eigenvalue weighted by atomic mass is 10.0. The summed E-state index contributed by atoms with van der Waals surface area (Å²) < 4.78 is 18.3. The van der Waals surface area contributed by atoms with Crippen LogP contribution in [0.25, 0.3) is 27.8 Å². The summed E-state index contributed by atoms with van der Waals surface area (Å²) in [5.74, 6) is 1.83. The minimum absolute atomic E-state index is 0.249. The Labute approximate surface area is 254 Å². The summed E-state index contributed by atoms with van der Waals surface area (Å²) >= 11 is 8.27. The highest BCUT2D eigenvalue weighted by molar-refractivity contribution is 7.98. The highest BCUT2D eigenvalue weighted by Gasteiger charge is 2.26. The van der Waals surface area contributed by atoms with Crippen molar-refractivity contribution in [3.05, 3.63) is 35.2 Å². The molecular formula is C29H36ClN7O4S. The number of aromatic nitrogens is 5. The molecule has 11 nitrogen and oxygen atoms in total. The van der Waals surface area contributed by atoms with Gasteiger partial charge in [-0.3, -0.25) is 4.90 Å².